The number of hydrogen-bond acceptors (Lipinski definition) is 8. The van der Waals surface area contributed by atoms with E-state index in [4.69, 9.17) is 5.11 Å². The summed E-state index contributed by atoms with van der Waals surface area (Å²) in [6.07, 6.45) is 3.91. The molecule has 1 aromatic carbocycles. The largest absolute Gasteiger partial charge is 0.395 e. The van der Waals surface area contributed by atoms with Crippen LogP contribution in [0.2, 0.25) is 0 Å². The number of alkyl halides is 2. The Morgan fingerprint density at radius 2 is 1.65 bits per heavy atom. The van der Waals surface area contributed by atoms with Crippen LogP contribution in [-0.2, 0) is 10.0 Å². The number of piperidine rings is 2. The van der Waals surface area contributed by atoms with E-state index in [-0.39, 0.29) is 44.2 Å². The number of halogens is 3. The lowest BCUT2D eigenvalue weighted by atomic mass is 9.93. The van der Waals surface area contributed by atoms with Gasteiger partial charge in [-0.15, -0.1) is 12.4 Å². The molecule has 3 aliphatic rings. The molecular formula is C26H35ClF2N6O4S. The van der Waals surface area contributed by atoms with Gasteiger partial charge in [0.1, 0.15) is 5.82 Å². The first-order chi connectivity index (χ1) is 18.5. The average molecular weight is 601 g/mol. The van der Waals surface area contributed by atoms with Gasteiger partial charge < -0.3 is 20.2 Å². The second-order valence-electron chi connectivity index (χ2n) is 10.9. The molecule has 14 heteroatoms. The van der Waals surface area contributed by atoms with Gasteiger partial charge in [0, 0.05) is 50.8 Å². The van der Waals surface area contributed by atoms with Gasteiger partial charge >= 0.3 is 0 Å². The second kappa shape index (κ2) is 11.6. The van der Waals surface area contributed by atoms with Crippen LogP contribution < -0.4 is 19.8 Å². The minimum Gasteiger partial charge on any atom is -0.395 e. The summed E-state index contributed by atoms with van der Waals surface area (Å²) in [5.41, 5.74) is 2.28. The van der Waals surface area contributed by atoms with Crippen LogP contribution >= 0.6 is 12.4 Å². The Morgan fingerprint density at radius 1 is 1.00 bits per heavy atom. The summed E-state index contributed by atoms with van der Waals surface area (Å²) in [6, 6.07) is 6.36. The zero-order valence-corrected chi connectivity index (χ0v) is 24.0. The molecule has 3 fully saturated rings. The number of rotatable bonds is 8. The Labute approximate surface area is 239 Å². The Balaban J connectivity index is 0.00000370. The molecule has 3 N–H and O–H groups in total. The number of carbonyl (C=O) groups is 1. The van der Waals surface area contributed by atoms with Crippen molar-refractivity contribution < 1.29 is 27.1 Å². The van der Waals surface area contributed by atoms with Crippen LogP contribution in [0, 0.1) is 12.3 Å². The monoisotopic (exact) mass is 600 g/mol. The van der Waals surface area contributed by atoms with Gasteiger partial charge in [-0.1, -0.05) is 0 Å². The van der Waals surface area contributed by atoms with Gasteiger partial charge in [-0.25, -0.2) is 22.2 Å². The number of aromatic nitrogens is 2. The van der Waals surface area contributed by atoms with Gasteiger partial charge in [0.15, 0.2) is 0 Å². The predicted octanol–water partition coefficient (Wildman–Crippen LogP) is 3.81. The lowest BCUT2D eigenvalue weighted by Crippen LogP contribution is -2.40. The van der Waals surface area contributed by atoms with Crippen LogP contribution in [-0.4, -0.2) is 73.9 Å². The molecule has 1 amide bonds. The molecule has 1 spiro atoms. The summed E-state index contributed by atoms with van der Waals surface area (Å²) in [5, 5.41) is 11.9. The molecule has 40 heavy (non-hydrogen) atoms. The molecule has 1 saturated carbocycles. The fraction of sp³-hybridized carbons (Fsp3) is 0.577. The maximum atomic E-state index is 13.6. The molecule has 0 radical (unpaired) electrons. The summed E-state index contributed by atoms with van der Waals surface area (Å²) >= 11 is 0. The number of hydrogen-bond donors (Lipinski definition) is 3. The zero-order valence-electron chi connectivity index (χ0n) is 22.3. The first-order valence-corrected chi connectivity index (χ1v) is 14.9. The summed E-state index contributed by atoms with van der Waals surface area (Å²) in [5.74, 6) is -2.99. The van der Waals surface area contributed by atoms with Crippen molar-refractivity contribution in [1.29, 1.82) is 0 Å². The highest BCUT2D eigenvalue weighted by Crippen LogP contribution is 2.54. The zero-order chi connectivity index (χ0) is 27.8. The lowest BCUT2D eigenvalue weighted by molar-refractivity contribution is -0.0222. The molecule has 1 aliphatic carbocycles. The van der Waals surface area contributed by atoms with Gasteiger partial charge in [0.2, 0.25) is 16.0 Å². The van der Waals surface area contributed by atoms with Crippen LogP contribution in [0.1, 0.15) is 54.6 Å². The fourth-order valence-corrected chi connectivity index (χ4v) is 6.10. The van der Waals surface area contributed by atoms with E-state index >= 15 is 0 Å². The highest BCUT2D eigenvalue weighted by atomic mass is 35.5. The number of carbonyl (C=O) groups excluding carboxylic acids is 1. The number of aliphatic hydroxyl groups is 1. The Bertz CT molecular complexity index is 1340. The third-order valence-corrected chi connectivity index (χ3v) is 9.13. The minimum atomic E-state index is -3.74. The van der Waals surface area contributed by atoms with Crippen LogP contribution in [0.15, 0.2) is 24.3 Å². The van der Waals surface area contributed by atoms with E-state index in [1.54, 1.807) is 30.0 Å². The normalized spacial score (nSPS) is 19.6. The van der Waals surface area contributed by atoms with Crippen LogP contribution in [0.25, 0.3) is 0 Å². The maximum Gasteiger partial charge on any atom is 0.258 e. The van der Waals surface area contributed by atoms with E-state index in [2.05, 4.69) is 24.9 Å². The number of nitrogens with one attached hydrogen (secondary N) is 2. The van der Waals surface area contributed by atoms with Crippen molar-refractivity contribution in [3.05, 3.63) is 35.5 Å². The molecule has 1 aromatic heterocycles. The molecule has 0 unspecified atom stereocenters. The van der Waals surface area contributed by atoms with Gasteiger partial charge in [0.05, 0.1) is 29.3 Å². The van der Waals surface area contributed by atoms with Crippen molar-refractivity contribution in [2.45, 2.75) is 51.4 Å². The van der Waals surface area contributed by atoms with E-state index in [0.717, 1.165) is 25.9 Å². The first kappa shape index (κ1) is 30.2. The Morgan fingerprint density at radius 3 is 2.27 bits per heavy atom. The SMILES string of the molecule is Cc1cc(NC(=O)c2ccc(NS(=O)(=O)CCO)cc2N2CCC3(CC2)CC3)nc(N2CCC(F)(F)CC2)n1.Cl. The highest BCUT2D eigenvalue weighted by Gasteiger charge is 2.44. The predicted molar refractivity (Wildman–Crippen MR) is 152 cm³/mol. The molecule has 2 aliphatic heterocycles. The second-order valence-corrected chi connectivity index (χ2v) is 12.7. The molecule has 2 saturated heterocycles. The molecule has 0 bridgehead atoms. The van der Waals surface area contributed by atoms with E-state index in [1.165, 1.54) is 18.9 Å². The minimum absolute atomic E-state index is 0. The summed E-state index contributed by atoms with van der Waals surface area (Å²) in [6.45, 7) is 3.00. The molecule has 10 nitrogen and oxygen atoms in total. The van der Waals surface area contributed by atoms with Crippen LogP contribution in [0.5, 0.6) is 0 Å². The van der Waals surface area contributed by atoms with Crippen LogP contribution in [0.4, 0.5) is 31.9 Å². The van der Waals surface area contributed by atoms with E-state index in [1.807, 2.05) is 0 Å². The lowest BCUT2D eigenvalue weighted by Gasteiger charge is -2.35. The van der Waals surface area contributed by atoms with Gasteiger partial charge in [-0.2, -0.15) is 4.98 Å². The summed E-state index contributed by atoms with van der Waals surface area (Å²) in [7, 11) is -3.74. The number of aliphatic hydroxyl groups excluding tert-OH is 1. The van der Waals surface area contributed by atoms with E-state index < -0.39 is 34.2 Å². The maximum absolute atomic E-state index is 13.6. The number of aryl methyl sites for hydroxylation is 1. The molecule has 3 heterocycles. The van der Waals surface area contributed by atoms with Crippen molar-refractivity contribution in [3.8, 4) is 0 Å². The smallest absolute Gasteiger partial charge is 0.258 e. The van der Waals surface area contributed by atoms with Crippen molar-refractivity contribution in [2.24, 2.45) is 5.41 Å². The van der Waals surface area contributed by atoms with E-state index in [0.29, 0.717) is 34.0 Å². The van der Waals surface area contributed by atoms with Crippen molar-refractivity contribution in [3.63, 3.8) is 0 Å². The third kappa shape index (κ3) is 7.10. The molecule has 220 valence electrons. The van der Waals surface area contributed by atoms with E-state index in [9.17, 15) is 22.0 Å². The van der Waals surface area contributed by atoms with Crippen molar-refractivity contribution in [2.75, 3.05) is 58.4 Å². The van der Waals surface area contributed by atoms with Crippen molar-refractivity contribution in [1.82, 2.24) is 9.97 Å². The van der Waals surface area contributed by atoms with Crippen LogP contribution in [0.3, 0.4) is 0 Å². The average Bonchev–Trinajstić information content (AvgIpc) is 3.62. The summed E-state index contributed by atoms with van der Waals surface area (Å²) < 4.78 is 54.2. The quantitative estimate of drug-likeness (QED) is 0.417. The Kier molecular flexibility index (Phi) is 8.77. The topological polar surface area (TPSA) is 128 Å². The van der Waals surface area contributed by atoms with Crippen molar-refractivity contribution >= 4 is 51.5 Å². The highest BCUT2D eigenvalue weighted by molar-refractivity contribution is 7.92. The fourth-order valence-electron chi connectivity index (χ4n) is 5.27. The van der Waals surface area contributed by atoms with Gasteiger partial charge in [0.25, 0.3) is 11.8 Å². The molecule has 2 aromatic rings. The number of benzene rings is 1. The molecular weight excluding hydrogens is 566 g/mol. The third-order valence-electron chi connectivity index (χ3n) is 7.86. The number of amides is 1. The first-order valence-electron chi connectivity index (χ1n) is 13.3. The number of sulfonamides is 1. The Hall–Kier alpha value is -2.77. The number of anilines is 4. The summed E-state index contributed by atoms with van der Waals surface area (Å²) in [4.78, 5) is 26.1. The van der Waals surface area contributed by atoms with Gasteiger partial charge in [-0.05, 0) is 56.2 Å². The number of nitrogens with zero attached hydrogens (tertiary/aromatic N) is 4. The standard InChI is InChI=1S/C26H34F2N6O4S.ClH/c1-18-16-22(31-24(29-18)34-12-8-26(27,28)9-13-34)30-23(36)20-3-2-19(32-39(37,38)15-14-35)17-21(20)33-10-6-25(4-5-25)7-11-33;/h2-3,16-17,32,35H,4-15H2,1H3,(H,29,30,31,36);1H. The molecule has 0 atom stereocenters. The van der Waals surface area contributed by atoms with Gasteiger partial charge in [-0.3, -0.25) is 9.52 Å². The molecule has 5 rings (SSSR count).